The molecule has 2 rings (SSSR count). The van der Waals surface area contributed by atoms with Gasteiger partial charge in [0.05, 0.1) is 32.0 Å². The molecule has 0 aromatic heterocycles. The predicted molar refractivity (Wildman–Crippen MR) is 341 cm³/mol. The Kier molecular flexibility index (Phi) is 48.8. The fourth-order valence-corrected chi connectivity index (χ4v) is 9.91. The number of carbonyl (C=O) groups is 1. The van der Waals surface area contributed by atoms with Crippen LogP contribution < -0.4 is 5.32 Å². The lowest BCUT2D eigenvalue weighted by molar-refractivity contribution is -0.359. The quantitative estimate of drug-likeness (QED) is 0.0204. The molecule has 0 aromatic carbocycles. The molecule has 480 valence electrons. The van der Waals surface area contributed by atoms with Crippen LogP contribution in [-0.2, 0) is 23.7 Å². The van der Waals surface area contributed by atoms with E-state index in [9.17, 15) is 45.6 Å². The number of amides is 1. The van der Waals surface area contributed by atoms with Crippen LogP contribution >= 0.6 is 0 Å². The van der Waals surface area contributed by atoms with Crippen molar-refractivity contribution in [2.45, 2.75) is 293 Å². The third-order valence-corrected chi connectivity index (χ3v) is 15.1. The zero-order valence-corrected chi connectivity index (χ0v) is 51.8. The van der Waals surface area contributed by atoms with E-state index in [1.54, 1.807) is 6.08 Å². The Morgan fingerprint density at radius 2 is 0.833 bits per heavy atom. The zero-order chi connectivity index (χ0) is 60.9. The van der Waals surface area contributed by atoms with Crippen molar-refractivity contribution in [2.75, 3.05) is 19.8 Å². The molecule has 2 aliphatic heterocycles. The van der Waals surface area contributed by atoms with Gasteiger partial charge >= 0.3 is 0 Å². The summed E-state index contributed by atoms with van der Waals surface area (Å²) in [5.41, 5.74) is 0. The maximum absolute atomic E-state index is 13.2. The van der Waals surface area contributed by atoms with Crippen LogP contribution in [0.25, 0.3) is 0 Å². The molecule has 0 bridgehead atoms. The summed E-state index contributed by atoms with van der Waals surface area (Å²) in [5.74, 6) is -0.256. The molecule has 2 saturated heterocycles. The minimum Gasteiger partial charge on any atom is -0.394 e. The molecule has 14 heteroatoms. The maximum Gasteiger partial charge on any atom is 0.220 e. The third-order valence-electron chi connectivity index (χ3n) is 15.1. The van der Waals surface area contributed by atoms with Gasteiger partial charge in [-0.2, -0.15) is 0 Å². The van der Waals surface area contributed by atoms with Gasteiger partial charge in [0, 0.05) is 6.42 Å². The van der Waals surface area contributed by atoms with Crippen LogP contribution in [0.2, 0.25) is 0 Å². The first-order valence-corrected chi connectivity index (χ1v) is 32.8. The second-order valence-electron chi connectivity index (χ2n) is 22.5. The largest absolute Gasteiger partial charge is 0.394 e. The fraction of sp³-hybridized carbons (Fsp3) is 0.700. The summed E-state index contributed by atoms with van der Waals surface area (Å²) in [4.78, 5) is 13.2. The predicted octanol–water partition coefficient (Wildman–Crippen LogP) is 12.6. The van der Waals surface area contributed by atoms with Gasteiger partial charge in [-0.1, -0.05) is 238 Å². The standard InChI is InChI=1S/C70H117NO13/c1-3-5-7-9-11-13-14-15-16-17-18-19-20-21-22-23-24-25-26-27-28-29-30-31-32-33-34-35-36-37-38-39-40-41-42-43-44-46-48-50-52-54-62(75)71-58(59(74)53-51-49-47-45-12-10-8-6-4-2)57-81-69-67(80)65(78)68(61(56-73)83-69)84-70-66(79)64(77)63(76)60(55-72)82-70/h5,7,11-13,15-16,18-19,21-22,24-25,27-28,30-31,45,51,53,58-61,63-70,72-74,76-80H,3-4,6,8-10,14,17,20,23,26,29,32-44,46-50,52,54-57H2,1-2H3,(H,71,75)/b7-5-,13-11-,16-15-,19-18-,22-21-,25-24-,28-27-,31-30-,45-12+,53-51+. The van der Waals surface area contributed by atoms with Crippen molar-refractivity contribution in [1.29, 1.82) is 0 Å². The molecule has 0 aromatic rings. The highest BCUT2D eigenvalue weighted by atomic mass is 16.7. The number of ether oxygens (including phenoxy) is 4. The zero-order valence-electron chi connectivity index (χ0n) is 51.8. The number of allylic oxidation sites excluding steroid dienone is 19. The molecule has 0 aliphatic carbocycles. The lowest BCUT2D eigenvalue weighted by atomic mass is 9.97. The van der Waals surface area contributed by atoms with E-state index in [2.05, 4.69) is 129 Å². The Morgan fingerprint density at radius 3 is 1.31 bits per heavy atom. The number of unbranched alkanes of at least 4 members (excludes halogenated alkanes) is 20. The molecular formula is C70H117NO13. The van der Waals surface area contributed by atoms with E-state index in [4.69, 9.17) is 18.9 Å². The van der Waals surface area contributed by atoms with Crippen LogP contribution in [0.4, 0.5) is 0 Å². The molecule has 1 amide bonds. The van der Waals surface area contributed by atoms with Crippen LogP contribution in [-0.4, -0.2) is 140 Å². The van der Waals surface area contributed by atoms with Crippen LogP contribution in [0.5, 0.6) is 0 Å². The summed E-state index contributed by atoms with van der Waals surface area (Å²) in [6, 6.07) is -0.935. The summed E-state index contributed by atoms with van der Waals surface area (Å²) in [5, 5.41) is 86.8. The number of carbonyl (C=O) groups excluding carboxylic acids is 1. The van der Waals surface area contributed by atoms with E-state index in [-0.39, 0.29) is 18.9 Å². The number of rotatable bonds is 51. The van der Waals surface area contributed by atoms with E-state index < -0.39 is 86.8 Å². The fourth-order valence-electron chi connectivity index (χ4n) is 9.91. The average Bonchev–Trinajstić information content (AvgIpc) is 2.28. The molecule has 2 heterocycles. The molecule has 0 saturated carbocycles. The van der Waals surface area contributed by atoms with Crippen molar-refractivity contribution in [3.05, 3.63) is 122 Å². The molecule has 12 unspecified atom stereocenters. The first-order valence-electron chi connectivity index (χ1n) is 32.8. The third kappa shape index (κ3) is 37.8. The van der Waals surface area contributed by atoms with E-state index in [1.165, 1.54) is 96.3 Å². The van der Waals surface area contributed by atoms with Gasteiger partial charge in [-0.3, -0.25) is 4.79 Å². The number of hydrogen-bond donors (Lipinski definition) is 9. The summed E-state index contributed by atoms with van der Waals surface area (Å²) in [6.45, 7) is 2.59. The first-order chi connectivity index (χ1) is 41.1. The normalized spacial score (nSPS) is 24.5. The topological polar surface area (TPSA) is 228 Å². The van der Waals surface area contributed by atoms with Gasteiger partial charge in [0.2, 0.25) is 5.91 Å². The summed E-state index contributed by atoms with van der Waals surface area (Å²) >= 11 is 0. The van der Waals surface area contributed by atoms with Gasteiger partial charge in [-0.05, 0) is 96.3 Å². The molecule has 9 N–H and O–H groups in total. The SMILES string of the molecule is CC/C=C\C/C=C\C/C=C\C/C=C\C/C=C\C/C=C\C/C=C\C/C=C\CCCCCCCCCCCCCCCCCCC(=O)NC(COC1OC(CO)C(OC2OC(CO)C(O)C(O)C2O)C(O)C1O)C(O)/C=C/CC/C=C/CCCCC. The van der Waals surface area contributed by atoms with Gasteiger partial charge in [0.25, 0.3) is 0 Å². The Balaban J connectivity index is 1.54. The van der Waals surface area contributed by atoms with Crippen molar-refractivity contribution in [1.82, 2.24) is 5.32 Å². The van der Waals surface area contributed by atoms with E-state index in [0.29, 0.717) is 12.8 Å². The Labute approximate surface area is 508 Å². The number of hydrogen-bond acceptors (Lipinski definition) is 13. The van der Waals surface area contributed by atoms with Crippen molar-refractivity contribution in [3.63, 3.8) is 0 Å². The van der Waals surface area contributed by atoms with Crippen molar-refractivity contribution < 1.29 is 64.6 Å². The molecule has 12 atom stereocenters. The number of aliphatic hydroxyl groups excluding tert-OH is 8. The lowest BCUT2D eigenvalue weighted by Crippen LogP contribution is -2.65. The van der Waals surface area contributed by atoms with Crippen LogP contribution in [0.1, 0.15) is 219 Å². The molecular weight excluding hydrogens is 1060 g/mol. The second-order valence-corrected chi connectivity index (χ2v) is 22.5. The first kappa shape index (κ1) is 76.5. The Bertz CT molecular complexity index is 1870. The lowest BCUT2D eigenvalue weighted by Gasteiger charge is -2.46. The van der Waals surface area contributed by atoms with E-state index in [0.717, 1.165) is 89.9 Å². The van der Waals surface area contributed by atoms with Crippen LogP contribution in [0.3, 0.4) is 0 Å². The minimum atomic E-state index is -1.79. The summed E-state index contributed by atoms with van der Waals surface area (Å²) in [6.07, 6.45) is 61.5. The molecule has 84 heavy (non-hydrogen) atoms. The van der Waals surface area contributed by atoms with Gasteiger partial charge in [0.1, 0.15) is 48.8 Å². The highest BCUT2D eigenvalue weighted by Gasteiger charge is 2.51. The van der Waals surface area contributed by atoms with Crippen molar-refractivity contribution in [2.24, 2.45) is 0 Å². The van der Waals surface area contributed by atoms with Crippen molar-refractivity contribution >= 4 is 5.91 Å². The smallest absolute Gasteiger partial charge is 0.220 e. The highest BCUT2D eigenvalue weighted by Crippen LogP contribution is 2.30. The molecule has 0 radical (unpaired) electrons. The maximum atomic E-state index is 13.2. The van der Waals surface area contributed by atoms with Gasteiger partial charge < -0.3 is 65.1 Å². The monoisotopic (exact) mass is 1180 g/mol. The Morgan fingerprint density at radius 1 is 0.440 bits per heavy atom. The van der Waals surface area contributed by atoms with Crippen LogP contribution in [0, 0.1) is 0 Å². The van der Waals surface area contributed by atoms with Gasteiger partial charge in [-0.25, -0.2) is 0 Å². The number of nitrogens with one attached hydrogen (secondary N) is 1. The minimum absolute atomic E-state index is 0.256. The van der Waals surface area contributed by atoms with Crippen LogP contribution in [0.15, 0.2) is 122 Å². The van der Waals surface area contributed by atoms with Gasteiger partial charge in [-0.15, -0.1) is 0 Å². The highest BCUT2D eigenvalue weighted by molar-refractivity contribution is 5.76. The number of aliphatic hydroxyl groups is 8. The summed E-state index contributed by atoms with van der Waals surface area (Å²) < 4.78 is 22.7. The van der Waals surface area contributed by atoms with Gasteiger partial charge in [0.15, 0.2) is 12.6 Å². The molecule has 2 fully saturated rings. The second kappa shape index (κ2) is 53.6. The molecule has 14 nitrogen and oxygen atoms in total. The van der Waals surface area contributed by atoms with E-state index in [1.807, 2.05) is 6.08 Å². The van der Waals surface area contributed by atoms with E-state index >= 15 is 0 Å². The molecule has 2 aliphatic rings. The Hall–Kier alpha value is -3.61. The van der Waals surface area contributed by atoms with Crippen molar-refractivity contribution in [3.8, 4) is 0 Å². The average molecular weight is 1180 g/mol. The molecule has 0 spiro atoms. The summed E-state index contributed by atoms with van der Waals surface area (Å²) in [7, 11) is 0.